The van der Waals surface area contributed by atoms with E-state index in [1.807, 2.05) is 32.0 Å². The Balaban J connectivity index is 1.83. The van der Waals surface area contributed by atoms with Crippen LogP contribution in [-0.4, -0.2) is 16.4 Å². The maximum Gasteiger partial charge on any atom is 0.263 e. The Hall–Kier alpha value is -3.67. The molecule has 0 saturated heterocycles. The van der Waals surface area contributed by atoms with Crippen molar-refractivity contribution in [2.45, 2.75) is 20.4 Å². The smallest absolute Gasteiger partial charge is 0.263 e. The molecule has 0 aliphatic heterocycles. The summed E-state index contributed by atoms with van der Waals surface area (Å²) >= 11 is 0. The lowest BCUT2D eigenvalue weighted by Gasteiger charge is -2.11. The van der Waals surface area contributed by atoms with Gasteiger partial charge in [0.15, 0.2) is 0 Å². The minimum Gasteiger partial charge on any atom is -0.366 e. The van der Waals surface area contributed by atoms with Gasteiger partial charge >= 0.3 is 0 Å². The van der Waals surface area contributed by atoms with E-state index in [0.717, 1.165) is 16.7 Å². The first kappa shape index (κ1) is 19.1. The quantitative estimate of drug-likeness (QED) is 0.718. The molecular weight excluding hydrogens is 354 g/mol. The van der Waals surface area contributed by atoms with Crippen molar-refractivity contribution >= 4 is 17.5 Å². The highest BCUT2D eigenvalue weighted by molar-refractivity contribution is 6.04. The van der Waals surface area contributed by atoms with Gasteiger partial charge < -0.3 is 15.6 Å². The van der Waals surface area contributed by atoms with Gasteiger partial charge in [0.1, 0.15) is 5.56 Å². The Labute approximate surface area is 162 Å². The maximum absolute atomic E-state index is 12.8. The van der Waals surface area contributed by atoms with E-state index < -0.39 is 11.8 Å². The summed E-state index contributed by atoms with van der Waals surface area (Å²) in [6.07, 6.45) is 1.67. The summed E-state index contributed by atoms with van der Waals surface area (Å²) in [4.78, 5) is 36.5. The van der Waals surface area contributed by atoms with Crippen LogP contribution in [0, 0.1) is 13.8 Å². The molecule has 0 saturated carbocycles. The number of aryl methyl sites for hydroxylation is 2. The highest BCUT2D eigenvalue weighted by atomic mass is 16.2. The topological polar surface area (TPSA) is 94.2 Å². The van der Waals surface area contributed by atoms with Gasteiger partial charge in [0.2, 0.25) is 5.91 Å². The number of anilines is 1. The molecule has 0 unspecified atom stereocenters. The molecule has 6 nitrogen and oxygen atoms in total. The number of carbonyl (C=O) groups is 2. The van der Waals surface area contributed by atoms with E-state index >= 15 is 0 Å². The fourth-order valence-electron chi connectivity index (χ4n) is 2.90. The monoisotopic (exact) mass is 375 g/mol. The molecule has 28 heavy (non-hydrogen) atoms. The zero-order chi connectivity index (χ0) is 20.3. The fraction of sp³-hybridized carbons (Fsp3) is 0.136. The van der Waals surface area contributed by atoms with Gasteiger partial charge in [-0.3, -0.25) is 14.4 Å². The number of hydrogen-bond donors (Lipinski definition) is 2. The normalized spacial score (nSPS) is 10.5. The van der Waals surface area contributed by atoms with Crippen LogP contribution in [0.4, 0.5) is 5.69 Å². The lowest BCUT2D eigenvalue weighted by molar-refractivity contribution is 0.0998. The molecule has 1 heterocycles. The van der Waals surface area contributed by atoms with Crippen molar-refractivity contribution in [2.24, 2.45) is 5.73 Å². The van der Waals surface area contributed by atoms with Gasteiger partial charge in [0.05, 0.1) is 6.54 Å². The summed E-state index contributed by atoms with van der Waals surface area (Å²) in [5, 5.41) is 2.67. The Morgan fingerprint density at radius 1 is 1.04 bits per heavy atom. The number of nitrogens with two attached hydrogens (primary N) is 1. The van der Waals surface area contributed by atoms with Crippen molar-refractivity contribution in [1.82, 2.24) is 4.57 Å². The minimum atomic E-state index is -0.546. The van der Waals surface area contributed by atoms with E-state index in [-0.39, 0.29) is 11.1 Å². The molecule has 0 fully saturated rings. The number of primary amides is 1. The Bertz CT molecular complexity index is 1100. The van der Waals surface area contributed by atoms with Crippen LogP contribution in [0.3, 0.4) is 0 Å². The van der Waals surface area contributed by atoms with Crippen LogP contribution < -0.4 is 16.6 Å². The van der Waals surface area contributed by atoms with Crippen LogP contribution in [0.1, 0.15) is 37.4 Å². The molecule has 2 amide bonds. The molecule has 2 aromatic carbocycles. The molecule has 3 N–H and O–H groups in total. The zero-order valence-electron chi connectivity index (χ0n) is 15.7. The number of nitrogens with one attached hydrogen (secondary N) is 1. The molecule has 0 aliphatic carbocycles. The minimum absolute atomic E-state index is 0.0479. The van der Waals surface area contributed by atoms with Crippen LogP contribution in [0.5, 0.6) is 0 Å². The number of rotatable bonds is 5. The molecule has 3 aromatic rings. The van der Waals surface area contributed by atoms with Crippen LogP contribution in [-0.2, 0) is 6.54 Å². The molecule has 142 valence electrons. The SMILES string of the molecule is Cc1ccc(C)c(Cn2cccc(C(=O)Nc3ccc(C(N)=O)cc3)c2=O)c1. The summed E-state index contributed by atoms with van der Waals surface area (Å²) in [5.41, 5.74) is 8.93. The Kier molecular flexibility index (Phi) is 5.40. The largest absolute Gasteiger partial charge is 0.366 e. The number of nitrogens with zero attached hydrogens (tertiary/aromatic N) is 1. The highest BCUT2D eigenvalue weighted by Gasteiger charge is 2.13. The van der Waals surface area contributed by atoms with Crippen LogP contribution >= 0.6 is 0 Å². The van der Waals surface area contributed by atoms with Gasteiger partial charge in [0, 0.05) is 17.4 Å². The number of aromatic nitrogens is 1. The number of amides is 2. The highest BCUT2D eigenvalue weighted by Crippen LogP contribution is 2.13. The second-order valence-electron chi connectivity index (χ2n) is 6.68. The van der Waals surface area contributed by atoms with Gasteiger partial charge in [-0.1, -0.05) is 23.8 Å². The summed E-state index contributed by atoms with van der Waals surface area (Å²) < 4.78 is 1.52. The second kappa shape index (κ2) is 7.92. The lowest BCUT2D eigenvalue weighted by atomic mass is 10.1. The number of pyridine rings is 1. The van der Waals surface area contributed by atoms with Crippen molar-refractivity contribution in [2.75, 3.05) is 5.32 Å². The van der Waals surface area contributed by atoms with Gasteiger partial charge in [0.25, 0.3) is 11.5 Å². The van der Waals surface area contributed by atoms with Gasteiger partial charge in [-0.25, -0.2) is 0 Å². The molecular formula is C22H21N3O3. The van der Waals surface area contributed by atoms with Crippen molar-refractivity contribution in [3.63, 3.8) is 0 Å². The molecule has 0 radical (unpaired) electrons. The third kappa shape index (κ3) is 4.17. The molecule has 1 aromatic heterocycles. The van der Waals surface area contributed by atoms with Gasteiger partial charge in [-0.15, -0.1) is 0 Å². The molecule has 0 bridgehead atoms. The van der Waals surface area contributed by atoms with E-state index in [2.05, 4.69) is 5.32 Å². The van der Waals surface area contributed by atoms with E-state index in [1.54, 1.807) is 24.4 Å². The van der Waals surface area contributed by atoms with Crippen molar-refractivity contribution in [3.8, 4) is 0 Å². The first-order valence-electron chi connectivity index (χ1n) is 8.82. The predicted molar refractivity (Wildman–Crippen MR) is 109 cm³/mol. The summed E-state index contributed by atoms with van der Waals surface area (Å²) in [5.74, 6) is -1.05. The molecule has 6 heteroatoms. The van der Waals surface area contributed by atoms with Crippen LogP contribution in [0.25, 0.3) is 0 Å². The zero-order valence-corrected chi connectivity index (χ0v) is 15.7. The Morgan fingerprint density at radius 3 is 2.43 bits per heavy atom. The molecule has 3 rings (SSSR count). The second-order valence-corrected chi connectivity index (χ2v) is 6.68. The lowest BCUT2D eigenvalue weighted by Crippen LogP contribution is -2.29. The molecule has 0 aliphatic rings. The van der Waals surface area contributed by atoms with Crippen molar-refractivity contribution < 1.29 is 9.59 Å². The summed E-state index contributed by atoms with van der Waals surface area (Å²) in [7, 11) is 0. The molecule has 0 atom stereocenters. The first-order chi connectivity index (χ1) is 13.3. The van der Waals surface area contributed by atoms with Crippen LogP contribution in [0.2, 0.25) is 0 Å². The summed E-state index contributed by atoms with van der Waals surface area (Å²) in [6, 6.07) is 15.4. The average molecular weight is 375 g/mol. The first-order valence-corrected chi connectivity index (χ1v) is 8.82. The molecule has 0 spiro atoms. The summed E-state index contributed by atoms with van der Waals surface area (Å²) in [6.45, 7) is 4.38. The van der Waals surface area contributed by atoms with E-state index in [0.29, 0.717) is 17.8 Å². The number of hydrogen-bond acceptors (Lipinski definition) is 3. The van der Waals surface area contributed by atoms with Crippen LogP contribution in [0.15, 0.2) is 65.6 Å². The standard InChI is InChI=1S/C22H21N3O3/c1-14-5-6-15(2)17(12-14)13-25-11-3-4-19(22(25)28)21(27)24-18-9-7-16(8-10-18)20(23)26/h3-12H,13H2,1-2H3,(H2,23,26)(H,24,27). The van der Waals surface area contributed by atoms with Gasteiger partial charge in [-0.2, -0.15) is 0 Å². The van der Waals surface area contributed by atoms with E-state index in [9.17, 15) is 14.4 Å². The average Bonchev–Trinajstić information content (AvgIpc) is 2.66. The number of benzene rings is 2. The van der Waals surface area contributed by atoms with Crippen molar-refractivity contribution in [3.05, 3.63) is 99.0 Å². The third-order valence-corrected chi connectivity index (χ3v) is 4.54. The third-order valence-electron chi connectivity index (χ3n) is 4.54. The van der Waals surface area contributed by atoms with E-state index in [4.69, 9.17) is 5.73 Å². The fourth-order valence-corrected chi connectivity index (χ4v) is 2.90. The van der Waals surface area contributed by atoms with Crippen molar-refractivity contribution in [1.29, 1.82) is 0 Å². The Morgan fingerprint density at radius 2 is 1.75 bits per heavy atom. The maximum atomic E-state index is 12.8. The predicted octanol–water partition coefficient (Wildman–Crippen LogP) is 2.86. The van der Waals surface area contributed by atoms with E-state index in [1.165, 1.54) is 22.8 Å². The van der Waals surface area contributed by atoms with Gasteiger partial charge in [-0.05, 0) is 61.4 Å². The number of carbonyl (C=O) groups excluding carboxylic acids is 2.